The molecule has 9 heteroatoms. The van der Waals surface area contributed by atoms with E-state index in [4.69, 9.17) is 0 Å². The van der Waals surface area contributed by atoms with Gasteiger partial charge in [0.1, 0.15) is 0 Å². The van der Waals surface area contributed by atoms with E-state index in [9.17, 15) is 22.8 Å². The highest BCUT2D eigenvalue weighted by Crippen LogP contribution is 2.26. The normalized spacial score (nSPS) is 11.6. The third-order valence-corrected chi connectivity index (χ3v) is 5.45. The fourth-order valence-electron chi connectivity index (χ4n) is 2.12. The number of rotatable bonds is 5. The number of nitrogens with one attached hydrogen (secondary N) is 1. The van der Waals surface area contributed by atoms with E-state index in [1.54, 1.807) is 0 Å². The topological polar surface area (TPSA) is 59.1 Å². The first-order valence-electron chi connectivity index (χ1n) is 7.18. The second-order valence-electron chi connectivity index (χ2n) is 5.07. The number of carbonyl (C=O) groups excluding carboxylic acids is 2. The van der Waals surface area contributed by atoms with Gasteiger partial charge in [0.15, 0.2) is 0 Å². The molecule has 1 aromatic carbocycles. The molecule has 0 bridgehead atoms. The average molecular weight is 384 g/mol. The summed E-state index contributed by atoms with van der Waals surface area (Å²) >= 11 is 2.06. The smallest absolute Gasteiger partial charge is 0.351 e. The molecule has 0 aliphatic rings. The van der Waals surface area contributed by atoms with Crippen LogP contribution in [0.5, 0.6) is 0 Å². The SMILES string of the molecule is O=C(NCCc1nc2ccccc2s1)c1ccc(C(=O)C(F)(F)F)s1. The molecule has 0 fully saturated rings. The molecule has 1 N–H and O–H groups in total. The molecule has 3 aromatic rings. The van der Waals surface area contributed by atoms with Crippen molar-refractivity contribution in [2.75, 3.05) is 6.54 Å². The molecular weight excluding hydrogens is 373 g/mol. The van der Waals surface area contributed by atoms with Crippen LogP contribution in [0.2, 0.25) is 0 Å². The van der Waals surface area contributed by atoms with Gasteiger partial charge in [0.2, 0.25) is 0 Å². The molecule has 130 valence electrons. The van der Waals surface area contributed by atoms with Gasteiger partial charge in [-0.25, -0.2) is 4.98 Å². The van der Waals surface area contributed by atoms with Crippen LogP contribution in [0.4, 0.5) is 13.2 Å². The Hall–Kier alpha value is -2.26. The van der Waals surface area contributed by atoms with Gasteiger partial charge in [0.25, 0.3) is 11.7 Å². The lowest BCUT2D eigenvalue weighted by Gasteiger charge is -2.02. The number of benzene rings is 1. The number of halogens is 3. The summed E-state index contributed by atoms with van der Waals surface area (Å²) in [6, 6.07) is 9.91. The summed E-state index contributed by atoms with van der Waals surface area (Å²) in [5.41, 5.74) is 0.891. The van der Waals surface area contributed by atoms with Gasteiger partial charge in [-0.1, -0.05) is 12.1 Å². The zero-order valence-corrected chi connectivity index (χ0v) is 14.2. The lowest BCUT2D eigenvalue weighted by Crippen LogP contribution is -2.25. The molecule has 25 heavy (non-hydrogen) atoms. The maximum Gasteiger partial charge on any atom is 0.455 e. The molecule has 0 saturated heterocycles. The van der Waals surface area contributed by atoms with Crippen LogP contribution in [0.1, 0.15) is 24.4 Å². The molecule has 2 heterocycles. The summed E-state index contributed by atoms with van der Waals surface area (Å²) in [7, 11) is 0. The van der Waals surface area contributed by atoms with Crippen LogP contribution in [0.3, 0.4) is 0 Å². The standard InChI is InChI=1S/C16H11F3N2O2S2/c17-16(18,19)14(22)11-5-6-12(24-11)15(23)20-8-7-13-21-9-3-1-2-4-10(9)25-13/h1-6H,7-8H2,(H,20,23). The van der Waals surface area contributed by atoms with Gasteiger partial charge in [0.05, 0.1) is 25.0 Å². The summed E-state index contributed by atoms with van der Waals surface area (Å²) in [5, 5.41) is 3.49. The number of amides is 1. The lowest BCUT2D eigenvalue weighted by molar-refractivity contribution is -0.0882. The van der Waals surface area contributed by atoms with Crippen LogP contribution >= 0.6 is 22.7 Å². The second-order valence-corrected chi connectivity index (χ2v) is 7.27. The number of para-hydroxylation sites is 1. The number of ketones is 1. The van der Waals surface area contributed by atoms with E-state index in [0.29, 0.717) is 24.3 Å². The van der Waals surface area contributed by atoms with Crippen molar-refractivity contribution in [2.24, 2.45) is 0 Å². The average Bonchev–Trinajstić information content (AvgIpc) is 3.19. The van der Waals surface area contributed by atoms with E-state index in [1.807, 2.05) is 24.3 Å². The number of alkyl halides is 3. The Kier molecular flexibility index (Phi) is 4.87. The van der Waals surface area contributed by atoms with Crippen molar-refractivity contribution in [3.05, 3.63) is 51.2 Å². The number of fused-ring (bicyclic) bond motifs is 1. The van der Waals surface area contributed by atoms with Crippen molar-refractivity contribution in [1.29, 1.82) is 0 Å². The predicted molar refractivity (Wildman–Crippen MR) is 90.4 cm³/mol. The van der Waals surface area contributed by atoms with Crippen molar-refractivity contribution in [3.8, 4) is 0 Å². The van der Waals surface area contributed by atoms with E-state index in [-0.39, 0.29) is 4.88 Å². The first-order valence-corrected chi connectivity index (χ1v) is 8.82. The molecular formula is C16H11F3N2O2S2. The molecule has 0 aliphatic carbocycles. The van der Waals surface area contributed by atoms with Crippen LogP contribution in [0, 0.1) is 0 Å². The van der Waals surface area contributed by atoms with E-state index in [1.165, 1.54) is 17.4 Å². The fraction of sp³-hybridized carbons (Fsp3) is 0.188. The highest BCUT2D eigenvalue weighted by atomic mass is 32.1. The second kappa shape index (κ2) is 6.93. The highest BCUT2D eigenvalue weighted by Gasteiger charge is 2.40. The Labute approximate surface area is 148 Å². The minimum atomic E-state index is -4.94. The Morgan fingerprint density at radius 2 is 1.76 bits per heavy atom. The first-order chi connectivity index (χ1) is 11.8. The minimum absolute atomic E-state index is 0.0666. The minimum Gasteiger partial charge on any atom is -0.351 e. The number of nitrogens with zero attached hydrogens (tertiary/aromatic N) is 1. The third kappa shape index (κ3) is 4.05. The van der Waals surface area contributed by atoms with Crippen LogP contribution in [0.25, 0.3) is 10.2 Å². The monoisotopic (exact) mass is 384 g/mol. The molecule has 0 atom stereocenters. The zero-order valence-electron chi connectivity index (χ0n) is 12.6. The molecule has 4 nitrogen and oxygen atoms in total. The maximum absolute atomic E-state index is 12.4. The lowest BCUT2D eigenvalue weighted by atomic mass is 10.3. The van der Waals surface area contributed by atoms with Gasteiger partial charge < -0.3 is 5.32 Å². The quantitative estimate of drug-likeness (QED) is 0.675. The number of Topliss-reactive ketones (excluding diaryl/α,β-unsaturated/α-hetero) is 1. The summed E-state index contributed by atoms with van der Waals surface area (Å²) in [5.74, 6) is -2.45. The predicted octanol–water partition coefficient (Wildman–Crippen LogP) is 4.08. The van der Waals surface area contributed by atoms with Crippen molar-refractivity contribution in [3.63, 3.8) is 0 Å². The maximum atomic E-state index is 12.4. The van der Waals surface area contributed by atoms with Gasteiger partial charge in [0, 0.05) is 13.0 Å². The highest BCUT2D eigenvalue weighted by molar-refractivity contribution is 7.18. The van der Waals surface area contributed by atoms with E-state index in [0.717, 1.165) is 21.3 Å². The van der Waals surface area contributed by atoms with Gasteiger partial charge in [-0.05, 0) is 24.3 Å². The third-order valence-electron chi connectivity index (χ3n) is 3.27. The zero-order chi connectivity index (χ0) is 18.0. The van der Waals surface area contributed by atoms with Crippen molar-refractivity contribution in [1.82, 2.24) is 10.3 Å². The van der Waals surface area contributed by atoms with E-state index >= 15 is 0 Å². The van der Waals surface area contributed by atoms with Crippen LogP contribution in [0.15, 0.2) is 36.4 Å². The van der Waals surface area contributed by atoms with Gasteiger partial charge in [-0.3, -0.25) is 9.59 Å². The molecule has 1 amide bonds. The fourth-order valence-corrected chi connectivity index (χ4v) is 3.97. The molecule has 3 rings (SSSR count). The number of thiophene rings is 1. The number of carbonyl (C=O) groups is 2. The number of thiazole rings is 1. The van der Waals surface area contributed by atoms with Gasteiger partial charge in [-0.2, -0.15) is 13.2 Å². The molecule has 0 aliphatic heterocycles. The largest absolute Gasteiger partial charge is 0.455 e. The van der Waals surface area contributed by atoms with E-state index < -0.39 is 22.7 Å². The van der Waals surface area contributed by atoms with Gasteiger partial charge in [-0.15, -0.1) is 22.7 Å². The van der Waals surface area contributed by atoms with Crippen LogP contribution in [-0.2, 0) is 6.42 Å². The molecule has 0 radical (unpaired) electrons. The summed E-state index contributed by atoms with van der Waals surface area (Å²) in [6.45, 7) is 0.305. The summed E-state index contributed by atoms with van der Waals surface area (Å²) in [6.07, 6.45) is -4.42. The summed E-state index contributed by atoms with van der Waals surface area (Å²) < 4.78 is 38.2. The molecule has 0 saturated carbocycles. The Balaban J connectivity index is 1.57. The van der Waals surface area contributed by atoms with Crippen molar-refractivity contribution < 1.29 is 22.8 Å². The number of hydrogen-bond donors (Lipinski definition) is 1. The molecule has 2 aromatic heterocycles. The Bertz CT molecular complexity index is 898. The van der Waals surface area contributed by atoms with Crippen LogP contribution < -0.4 is 5.32 Å². The Morgan fingerprint density at radius 1 is 1.04 bits per heavy atom. The van der Waals surface area contributed by atoms with Crippen molar-refractivity contribution >= 4 is 44.6 Å². The first kappa shape index (κ1) is 17.6. The summed E-state index contributed by atoms with van der Waals surface area (Å²) in [4.78, 5) is 27.1. The molecule has 0 unspecified atom stereocenters. The van der Waals surface area contributed by atoms with E-state index in [2.05, 4.69) is 10.3 Å². The van der Waals surface area contributed by atoms with Gasteiger partial charge >= 0.3 is 6.18 Å². The number of hydrogen-bond acceptors (Lipinski definition) is 5. The van der Waals surface area contributed by atoms with Crippen molar-refractivity contribution in [2.45, 2.75) is 12.6 Å². The Morgan fingerprint density at radius 3 is 2.48 bits per heavy atom. The number of aromatic nitrogens is 1. The van der Waals surface area contributed by atoms with Crippen LogP contribution in [-0.4, -0.2) is 29.4 Å². The molecule has 0 spiro atoms.